The van der Waals surface area contributed by atoms with Crippen LogP contribution >= 0.6 is 0 Å². The van der Waals surface area contributed by atoms with E-state index in [2.05, 4.69) is 25.1 Å². The van der Waals surface area contributed by atoms with Crippen molar-refractivity contribution < 1.29 is 5.11 Å². The monoisotopic (exact) mass is 176 g/mol. The van der Waals surface area contributed by atoms with Gasteiger partial charge in [0, 0.05) is 0 Å². The van der Waals surface area contributed by atoms with E-state index in [0.717, 1.165) is 18.4 Å². The van der Waals surface area contributed by atoms with Gasteiger partial charge in [0.2, 0.25) is 0 Å². The highest BCUT2D eigenvalue weighted by molar-refractivity contribution is 5.30. The maximum absolute atomic E-state index is 10.0. The Bertz CT molecular complexity index is 293. The van der Waals surface area contributed by atoms with Gasteiger partial charge in [0.25, 0.3) is 0 Å². The molecule has 0 saturated carbocycles. The molecule has 0 spiro atoms. The average Bonchev–Trinajstić information content (AvgIpc) is 2.29. The second-order valence-electron chi connectivity index (χ2n) is 4.01. The fourth-order valence-corrected chi connectivity index (χ4v) is 2.13. The molecule has 2 rings (SSSR count). The second kappa shape index (κ2) is 3.51. The van der Waals surface area contributed by atoms with Crippen LogP contribution in [0.15, 0.2) is 24.3 Å². The zero-order chi connectivity index (χ0) is 9.26. The molecular weight excluding hydrogens is 160 g/mol. The maximum atomic E-state index is 10.0. The van der Waals surface area contributed by atoms with Crippen molar-refractivity contribution in [3.8, 4) is 0 Å². The summed E-state index contributed by atoms with van der Waals surface area (Å²) in [6, 6.07) is 8.26. The lowest BCUT2D eigenvalue weighted by Gasteiger charge is -2.17. The minimum atomic E-state index is -0.251. The third-order valence-electron chi connectivity index (χ3n) is 3.02. The van der Waals surface area contributed by atoms with E-state index in [-0.39, 0.29) is 6.10 Å². The van der Waals surface area contributed by atoms with Crippen LogP contribution in [-0.4, -0.2) is 5.11 Å². The van der Waals surface area contributed by atoms with E-state index in [4.69, 9.17) is 0 Å². The third-order valence-corrected chi connectivity index (χ3v) is 3.02. The Morgan fingerprint density at radius 3 is 2.92 bits per heavy atom. The van der Waals surface area contributed by atoms with Gasteiger partial charge < -0.3 is 5.11 Å². The first kappa shape index (κ1) is 8.76. The van der Waals surface area contributed by atoms with Crippen molar-refractivity contribution in [1.29, 1.82) is 0 Å². The minimum absolute atomic E-state index is 0.251. The van der Waals surface area contributed by atoms with E-state index < -0.39 is 0 Å². The standard InChI is InChI=1S/C12H16O/c1-9-5-4-7-10-6-2-3-8-11(10)12(9)13/h2-3,6,8-9,12-13H,4-5,7H2,1H3. The molecule has 1 aromatic carbocycles. The Hall–Kier alpha value is -0.820. The van der Waals surface area contributed by atoms with E-state index in [1.54, 1.807) is 0 Å². The molecule has 2 unspecified atom stereocenters. The summed E-state index contributed by atoms with van der Waals surface area (Å²) in [6.45, 7) is 2.13. The van der Waals surface area contributed by atoms with Crippen LogP contribution < -0.4 is 0 Å². The zero-order valence-electron chi connectivity index (χ0n) is 8.03. The number of hydrogen-bond acceptors (Lipinski definition) is 1. The summed E-state index contributed by atoms with van der Waals surface area (Å²) < 4.78 is 0. The molecular formula is C12H16O. The molecule has 70 valence electrons. The molecule has 0 aliphatic heterocycles. The summed E-state index contributed by atoms with van der Waals surface area (Å²) in [5.41, 5.74) is 2.48. The van der Waals surface area contributed by atoms with Gasteiger partial charge in [-0.1, -0.05) is 31.2 Å². The summed E-state index contributed by atoms with van der Waals surface area (Å²) in [5, 5.41) is 10.0. The van der Waals surface area contributed by atoms with Gasteiger partial charge >= 0.3 is 0 Å². The summed E-state index contributed by atoms with van der Waals surface area (Å²) in [6.07, 6.45) is 3.21. The number of aliphatic hydroxyl groups excluding tert-OH is 1. The third kappa shape index (κ3) is 1.61. The van der Waals surface area contributed by atoms with Gasteiger partial charge in [0.1, 0.15) is 0 Å². The van der Waals surface area contributed by atoms with E-state index in [1.165, 1.54) is 12.0 Å². The number of rotatable bonds is 0. The quantitative estimate of drug-likeness (QED) is 0.602. The molecule has 2 atom stereocenters. The van der Waals surface area contributed by atoms with Crippen molar-refractivity contribution in [3.05, 3.63) is 35.4 Å². The Labute approximate surface area is 79.4 Å². The van der Waals surface area contributed by atoms with Crippen molar-refractivity contribution in [2.45, 2.75) is 32.3 Å². The largest absolute Gasteiger partial charge is 0.388 e. The van der Waals surface area contributed by atoms with Crippen LogP contribution in [0.5, 0.6) is 0 Å². The Balaban J connectivity index is 2.40. The van der Waals surface area contributed by atoms with Crippen molar-refractivity contribution in [2.24, 2.45) is 5.92 Å². The summed E-state index contributed by atoms with van der Waals surface area (Å²) in [7, 11) is 0. The lowest BCUT2D eigenvalue weighted by molar-refractivity contribution is 0.115. The summed E-state index contributed by atoms with van der Waals surface area (Å²) in [4.78, 5) is 0. The maximum Gasteiger partial charge on any atom is 0.0818 e. The van der Waals surface area contributed by atoms with Crippen LogP contribution in [0.3, 0.4) is 0 Å². The van der Waals surface area contributed by atoms with E-state index in [1.807, 2.05) is 6.07 Å². The fourth-order valence-electron chi connectivity index (χ4n) is 2.13. The first-order chi connectivity index (χ1) is 6.29. The van der Waals surface area contributed by atoms with Gasteiger partial charge in [-0.3, -0.25) is 0 Å². The Kier molecular flexibility index (Phi) is 2.36. The first-order valence-corrected chi connectivity index (χ1v) is 5.05. The lowest BCUT2D eigenvalue weighted by Crippen LogP contribution is -2.07. The predicted octanol–water partition coefficient (Wildman–Crippen LogP) is 2.69. The lowest BCUT2D eigenvalue weighted by atomic mass is 9.95. The van der Waals surface area contributed by atoms with Crippen LogP contribution in [-0.2, 0) is 6.42 Å². The van der Waals surface area contributed by atoms with Crippen LogP contribution in [0.2, 0.25) is 0 Å². The second-order valence-corrected chi connectivity index (χ2v) is 4.01. The molecule has 1 N–H and O–H groups in total. The number of aryl methyl sites for hydroxylation is 1. The first-order valence-electron chi connectivity index (χ1n) is 5.05. The van der Waals surface area contributed by atoms with Gasteiger partial charge in [-0.2, -0.15) is 0 Å². The molecule has 1 heteroatoms. The molecule has 0 aromatic heterocycles. The normalized spacial score (nSPS) is 27.8. The molecule has 13 heavy (non-hydrogen) atoms. The van der Waals surface area contributed by atoms with Crippen LogP contribution in [0, 0.1) is 5.92 Å². The molecule has 1 nitrogen and oxygen atoms in total. The van der Waals surface area contributed by atoms with Gasteiger partial charge in [0.05, 0.1) is 6.10 Å². The molecule has 0 heterocycles. The molecule has 1 aliphatic carbocycles. The van der Waals surface area contributed by atoms with Crippen LogP contribution in [0.1, 0.15) is 37.0 Å². The minimum Gasteiger partial charge on any atom is -0.388 e. The van der Waals surface area contributed by atoms with E-state index in [0.29, 0.717) is 5.92 Å². The molecule has 0 saturated heterocycles. The molecule has 0 radical (unpaired) electrons. The van der Waals surface area contributed by atoms with Gasteiger partial charge in [0.15, 0.2) is 0 Å². The van der Waals surface area contributed by atoms with Crippen LogP contribution in [0.25, 0.3) is 0 Å². The molecule has 0 fully saturated rings. The SMILES string of the molecule is CC1CCCc2ccccc2C1O. The Morgan fingerprint density at radius 2 is 2.08 bits per heavy atom. The highest BCUT2D eigenvalue weighted by Gasteiger charge is 2.21. The van der Waals surface area contributed by atoms with Gasteiger partial charge in [-0.15, -0.1) is 0 Å². The number of benzene rings is 1. The number of aliphatic hydroxyl groups is 1. The molecule has 1 aliphatic rings. The van der Waals surface area contributed by atoms with Crippen molar-refractivity contribution in [1.82, 2.24) is 0 Å². The van der Waals surface area contributed by atoms with Crippen molar-refractivity contribution in [2.75, 3.05) is 0 Å². The highest BCUT2D eigenvalue weighted by atomic mass is 16.3. The molecule has 0 bridgehead atoms. The zero-order valence-corrected chi connectivity index (χ0v) is 8.03. The van der Waals surface area contributed by atoms with E-state index >= 15 is 0 Å². The molecule has 0 amide bonds. The van der Waals surface area contributed by atoms with Crippen LogP contribution in [0.4, 0.5) is 0 Å². The van der Waals surface area contributed by atoms with Crippen molar-refractivity contribution in [3.63, 3.8) is 0 Å². The number of hydrogen-bond donors (Lipinski definition) is 1. The van der Waals surface area contributed by atoms with E-state index in [9.17, 15) is 5.11 Å². The summed E-state index contributed by atoms with van der Waals surface area (Å²) in [5.74, 6) is 0.406. The number of fused-ring (bicyclic) bond motifs is 1. The topological polar surface area (TPSA) is 20.2 Å². The predicted molar refractivity (Wildman–Crippen MR) is 53.5 cm³/mol. The highest BCUT2D eigenvalue weighted by Crippen LogP contribution is 2.32. The summed E-state index contributed by atoms with van der Waals surface area (Å²) >= 11 is 0. The smallest absolute Gasteiger partial charge is 0.0818 e. The molecule has 1 aromatic rings. The average molecular weight is 176 g/mol. The van der Waals surface area contributed by atoms with Gasteiger partial charge in [-0.05, 0) is 36.3 Å². The van der Waals surface area contributed by atoms with Gasteiger partial charge in [-0.25, -0.2) is 0 Å². The van der Waals surface area contributed by atoms with Crippen molar-refractivity contribution >= 4 is 0 Å². The Morgan fingerprint density at radius 1 is 1.31 bits per heavy atom. The fraction of sp³-hybridized carbons (Fsp3) is 0.500.